The molecule has 0 spiro atoms. The summed E-state index contributed by atoms with van der Waals surface area (Å²) in [6, 6.07) is 4.41. The first-order chi connectivity index (χ1) is 12.0. The highest BCUT2D eigenvalue weighted by Crippen LogP contribution is 2.24. The highest BCUT2D eigenvalue weighted by Gasteiger charge is 2.11. The van der Waals surface area contributed by atoms with Gasteiger partial charge in [0.05, 0.1) is 6.61 Å². The van der Waals surface area contributed by atoms with E-state index >= 15 is 0 Å². The number of nitrogens with one attached hydrogen (secondary N) is 2. The van der Waals surface area contributed by atoms with Gasteiger partial charge in [0.1, 0.15) is 5.75 Å². The number of halogens is 3. The van der Waals surface area contributed by atoms with Crippen molar-refractivity contribution in [2.45, 2.75) is 32.9 Å². The normalized spacial score (nSPS) is 11.4. The third-order valence-corrected chi connectivity index (χ3v) is 3.30. The molecule has 0 aliphatic carbocycles. The van der Waals surface area contributed by atoms with Gasteiger partial charge in [0.2, 0.25) is 0 Å². The van der Waals surface area contributed by atoms with Crippen LogP contribution >= 0.6 is 11.6 Å². The first kappa shape index (κ1) is 21.0. The quantitative estimate of drug-likeness (QED) is 0.299. The smallest absolute Gasteiger partial charge is 0.387 e. The zero-order valence-corrected chi connectivity index (χ0v) is 14.9. The van der Waals surface area contributed by atoms with Crippen LogP contribution in [0.5, 0.6) is 5.75 Å². The number of nitrogens with zero attached hydrogens (tertiary/aromatic N) is 1. The number of carbonyl (C=O) groups is 1. The van der Waals surface area contributed by atoms with Crippen molar-refractivity contribution < 1.29 is 23.0 Å². The predicted octanol–water partition coefficient (Wildman–Crippen LogP) is 2.95. The molecule has 0 atom stereocenters. The second-order valence-corrected chi connectivity index (χ2v) is 5.33. The van der Waals surface area contributed by atoms with Gasteiger partial charge in [-0.05, 0) is 31.5 Å². The van der Waals surface area contributed by atoms with E-state index < -0.39 is 6.61 Å². The van der Waals surface area contributed by atoms with Gasteiger partial charge in [0, 0.05) is 37.1 Å². The molecule has 140 valence electrons. The Hall–Kier alpha value is -2.09. The minimum atomic E-state index is -2.92. The SMILES string of the molecule is CCOC(=O)CCCNC(=NC)NCc1cc(Cl)ccc1OC(F)F. The monoisotopic (exact) mass is 377 g/mol. The largest absolute Gasteiger partial charge is 0.466 e. The molecule has 0 radical (unpaired) electrons. The molecule has 1 aromatic carbocycles. The average molecular weight is 378 g/mol. The fourth-order valence-corrected chi connectivity index (χ4v) is 2.16. The van der Waals surface area contributed by atoms with Crippen LogP contribution in [-0.4, -0.2) is 38.7 Å². The Balaban J connectivity index is 2.49. The zero-order valence-electron chi connectivity index (χ0n) is 14.2. The summed E-state index contributed by atoms with van der Waals surface area (Å²) in [5.41, 5.74) is 0.474. The Morgan fingerprint density at radius 3 is 2.76 bits per heavy atom. The maximum atomic E-state index is 12.4. The van der Waals surface area contributed by atoms with E-state index in [4.69, 9.17) is 16.3 Å². The summed E-state index contributed by atoms with van der Waals surface area (Å²) < 4.78 is 34.2. The molecule has 0 amide bonds. The number of benzene rings is 1. The number of esters is 1. The van der Waals surface area contributed by atoms with Gasteiger partial charge in [-0.25, -0.2) is 0 Å². The van der Waals surface area contributed by atoms with E-state index in [-0.39, 0.29) is 18.3 Å². The number of ether oxygens (including phenoxy) is 2. The molecule has 0 heterocycles. The van der Waals surface area contributed by atoms with E-state index in [2.05, 4.69) is 20.4 Å². The minimum Gasteiger partial charge on any atom is -0.466 e. The number of alkyl halides is 2. The van der Waals surface area contributed by atoms with Crippen LogP contribution in [0.15, 0.2) is 23.2 Å². The van der Waals surface area contributed by atoms with Crippen LogP contribution in [0.1, 0.15) is 25.3 Å². The van der Waals surface area contributed by atoms with Crippen LogP contribution < -0.4 is 15.4 Å². The molecule has 25 heavy (non-hydrogen) atoms. The molecule has 0 aliphatic heterocycles. The lowest BCUT2D eigenvalue weighted by Gasteiger charge is -2.14. The summed E-state index contributed by atoms with van der Waals surface area (Å²) in [7, 11) is 1.58. The fourth-order valence-electron chi connectivity index (χ4n) is 1.97. The van der Waals surface area contributed by atoms with E-state index in [1.165, 1.54) is 12.1 Å². The van der Waals surface area contributed by atoms with Crippen LogP contribution in [-0.2, 0) is 16.1 Å². The Bertz CT molecular complexity index is 586. The average Bonchev–Trinajstić information content (AvgIpc) is 2.56. The van der Waals surface area contributed by atoms with Crippen LogP contribution in [0.4, 0.5) is 8.78 Å². The molecule has 0 saturated carbocycles. The van der Waals surface area contributed by atoms with Crippen molar-refractivity contribution in [2.75, 3.05) is 20.2 Å². The van der Waals surface area contributed by atoms with Crippen molar-refractivity contribution in [1.82, 2.24) is 10.6 Å². The third-order valence-electron chi connectivity index (χ3n) is 3.06. The molecule has 6 nitrogen and oxygen atoms in total. The Labute approximate surface area is 150 Å². The van der Waals surface area contributed by atoms with Gasteiger partial charge in [-0.15, -0.1) is 0 Å². The second kappa shape index (κ2) is 11.5. The van der Waals surface area contributed by atoms with Gasteiger partial charge in [0.25, 0.3) is 0 Å². The second-order valence-electron chi connectivity index (χ2n) is 4.89. The number of hydrogen-bond donors (Lipinski definition) is 2. The first-order valence-corrected chi connectivity index (χ1v) is 8.17. The summed E-state index contributed by atoms with van der Waals surface area (Å²) in [5.74, 6) is 0.261. The predicted molar refractivity (Wildman–Crippen MR) is 92.2 cm³/mol. The number of guanidine groups is 1. The Morgan fingerprint density at radius 1 is 1.36 bits per heavy atom. The number of rotatable bonds is 9. The van der Waals surface area contributed by atoms with Crippen molar-refractivity contribution in [1.29, 1.82) is 0 Å². The first-order valence-electron chi connectivity index (χ1n) is 7.79. The van der Waals surface area contributed by atoms with E-state index in [9.17, 15) is 13.6 Å². The van der Waals surface area contributed by atoms with Gasteiger partial charge >= 0.3 is 12.6 Å². The van der Waals surface area contributed by atoms with Crippen LogP contribution in [0, 0.1) is 0 Å². The van der Waals surface area contributed by atoms with Crippen LogP contribution in [0.25, 0.3) is 0 Å². The lowest BCUT2D eigenvalue weighted by Crippen LogP contribution is -2.37. The lowest BCUT2D eigenvalue weighted by atomic mass is 10.2. The van der Waals surface area contributed by atoms with E-state index in [0.717, 1.165) is 0 Å². The lowest BCUT2D eigenvalue weighted by molar-refractivity contribution is -0.143. The summed E-state index contributed by atoms with van der Waals surface area (Å²) in [4.78, 5) is 15.3. The van der Waals surface area contributed by atoms with E-state index in [1.807, 2.05) is 0 Å². The number of hydrogen-bond acceptors (Lipinski definition) is 4. The zero-order chi connectivity index (χ0) is 18.7. The molecule has 0 fully saturated rings. The van der Waals surface area contributed by atoms with Crippen molar-refractivity contribution >= 4 is 23.5 Å². The molecular weight excluding hydrogens is 356 g/mol. The van der Waals surface area contributed by atoms with Gasteiger partial charge in [0.15, 0.2) is 5.96 Å². The summed E-state index contributed by atoms with van der Waals surface area (Å²) in [6.45, 7) is -0.100. The maximum absolute atomic E-state index is 12.4. The topological polar surface area (TPSA) is 72.0 Å². The van der Waals surface area contributed by atoms with Crippen molar-refractivity contribution in [3.05, 3.63) is 28.8 Å². The molecule has 0 unspecified atom stereocenters. The molecule has 1 aromatic rings. The minimum absolute atomic E-state index is 0.0460. The Morgan fingerprint density at radius 2 is 2.12 bits per heavy atom. The van der Waals surface area contributed by atoms with Gasteiger partial charge in [-0.2, -0.15) is 8.78 Å². The summed E-state index contributed by atoms with van der Waals surface area (Å²) in [5, 5.41) is 6.41. The van der Waals surface area contributed by atoms with Gasteiger partial charge in [-0.1, -0.05) is 11.6 Å². The standard InChI is InChI=1S/C16H22ClF2N3O3/c1-3-24-14(23)5-4-8-21-16(20-2)22-10-11-9-12(17)6-7-13(11)25-15(18)19/h6-7,9,15H,3-5,8,10H2,1-2H3,(H2,20,21,22). The Kier molecular flexibility index (Phi) is 9.61. The van der Waals surface area contributed by atoms with E-state index in [1.54, 1.807) is 20.0 Å². The maximum Gasteiger partial charge on any atom is 0.387 e. The molecule has 0 saturated heterocycles. The molecule has 9 heteroatoms. The highest BCUT2D eigenvalue weighted by molar-refractivity contribution is 6.30. The van der Waals surface area contributed by atoms with Crippen molar-refractivity contribution in [3.63, 3.8) is 0 Å². The summed E-state index contributed by atoms with van der Waals surface area (Å²) >= 11 is 5.90. The van der Waals surface area contributed by atoms with Gasteiger partial charge < -0.3 is 20.1 Å². The molecule has 0 aromatic heterocycles. The molecule has 0 bridgehead atoms. The van der Waals surface area contributed by atoms with E-state index in [0.29, 0.717) is 42.5 Å². The van der Waals surface area contributed by atoms with Crippen molar-refractivity contribution in [2.24, 2.45) is 4.99 Å². The van der Waals surface area contributed by atoms with Gasteiger partial charge in [-0.3, -0.25) is 9.79 Å². The summed E-state index contributed by atoms with van der Waals surface area (Å²) in [6.07, 6.45) is 0.884. The fraction of sp³-hybridized carbons (Fsp3) is 0.500. The number of carbonyl (C=O) groups excluding carboxylic acids is 1. The van der Waals surface area contributed by atoms with Crippen LogP contribution in [0.3, 0.4) is 0 Å². The van der Waals surface area contributed by atoms with Crippen LogP contribution in [0.2, 0.25) is 5.02 Å². The molecule has 0 aliphatic rings. The molecule has 1 rings (SSSR count). The van der Waals surface area contributed by atoms with Crippen molar-refractivity contribution in [3.8, 4) is 5.75 Å². The number of aliphatic imine (C=N–C) groups is 1. The third kappa shape index (κ3) is 8.53. The molecular formula is C16H22ClF2N3O3. The highest BCUT2D eigenvalue weighted by atomic mass is 35.5. The molecule has 2 N–H and O–H groups in total.